The lowest BCUT2D eigenvalue weighted by Gasteiger charge is -2.26. The van der Waals surface area contributed by atoms with Crippen molar-refractivity contribution in [1.29, 1.82) is 5.26 Å². The van der Waals surface area contributed by atoms with E-state index in [-0.39, 0.29) is 5.56 Å². The highest BCUT2D eigenvalue weighted by Crippen LogP contribution is 2.27. The monoisotopic (exact) mass is 274 g/mol. The van der Waals surface area contributed by atoms with Gasteiger partial charge in [0.15, 0.2) is 0 Å². The average Bonchev–Trinajstić information content (AvgIpc) is 2.68. The lowest BCUT2D eigenvalue weighted by Crippen LogP contribution is -2.47. The first kappa shape index (κ1) is 14.5. The summed E-state index contributed by atoms with van der Waals surface area (Å²) in [5.74, 6) is -0.999. The third-order valence-corrected chi connectivity index (χ3v) is 3.96. The second kappa shape index (κ2) is 6.04. The van der Waals surface area contributed by atoms with E-state index in [4.69, 9.17) is 0 Å². The molecule has 0 aliphatic heterocycles. The van der Waals surface area contributed by atoms with Crippen LogP contribution in [0.15, 0.2) is 18.2 Å². The average molecular weight is 274 g/mol. The molecule has 0 unspecified atom stereocenters. The van der Waals surface area contributed by atoms with E-state index in [9.17, 15) is 14.4 Å². The van der Waals surface area contributed by atoms with Crippen LogP contribution in [-0.2, 0) is 0 Å². The van der Waals surface area contributed by atoms with Crippen molar-refractivity contribution in [2.45, 2.75) is 51.0 Å². The minimum absolute atomic E-state index is 0.0175. The SMILES string of the molecule is Cc1cccc(C(=O)NC2(C#N)CCCCCC2)c1F. The normalized spacial score (nSPS) is 17.9. The summed E-state index contributed by atoms with van der Waals surface area (Å²) in [6.45, 7) is 1.62. The fraction of sp³-hybridized carbons (Fsp3) is 0.500. The first-order valence-corrected chi connectivity index (χ1v) is 7.07. The Morgan fingerprint density at radius 3 is 2.55 bits per heavy atom. The number of halogens is 1. The number of hydrogen-bond donors (Lipinski definition) is 1. The van der Waals surface area contributed by atoms with E-state index in [1.807, 2.05) is 0 Å². The highest BCUT2D eigenvalue weighted by atomic mass is 19.1. The molecule has 1 amide bonds. The molecule has 0 aromatic heterocycles. The van der Waals surface area contributed by atoms with Crippen molar-refractivity contribution >= 4 is 5.91 Å². The standard InChI is InChI=1S/C16H19FN2O/c1-12-7-6-8-13(14(12)17)15(20)19-16(11-18)9-4-2-3-5-10-16/h6-8H,2-5,9-10H2,1H3,(H,19,20). The molecule has 3 nitrogen and oxygen atoms in total. The lowest BCUT2D eigenvalue weighted by atomic mass is 9.91. The minimum atomic E-state index is -0.843. The number of aryl methyl sites for hydroxylation is 1. The van der Waals surface area contributed by atoms with Crippen LogP contribution in [0.3, 0.4) is 0 Å². The van der Waals surface area contributed by atoms with Crippen LogP contribution in [0.2, 0.25) is 0 Å². The first-order chi connectivity index (χ1) is 9.58. The Hall–Kier alpha value is -1.89. The van der Waals surface area contributed by atoms with Crippen LogP contribution in [0, 0.1) is 24.1 Å². The van der Waals surface area contributed by atoms with Gasteiger partial charge in [0.05, 0.1) is 11.6 Å². The molecule has 0 saturated heterocycles. The molecule has 0 heterocycles. The summed E-state index contributed by atoms with van der Waals surface area (Å²) >= 11 is 0. The Morgan fingerprint density at radius 2 is 1.95 bits per heavy atom. The van der Waals surface area contributed by atoms with E-state index in [2.05, 4.69) is 11.4 Å². The Balaban J connectivity index is 2.21. The summed E-state index contributed by atoms with van der Waals surface area (Å²) < 4.78 is 14.0. The fourth-order valence-corrected chi connectivity index (χ4v) is 2.70. The summed E-state index contributed by atoms with van der Waals surface area (Å²) in [5.41, 5.74) is -0.391. The third-order valence-electron chi connectivity index (χ3n) is 3.96. The molecule has 1 aromatic carbocycles. The molecule has 0 spiro atoms. The Kier molecular flexibility index (Phi) is 4.39. The zero-order chi connectivity index (χ0) is 14.6. The van der Waals surface area contributed by atoms with E-state index in [0.717, 1.165) is 25.7 Å². The molecular weight excluding hydrogens is 255 g/mol. The number of carbonyl (C=O) groups excluding carboxylic acids is 1. The molecule has 1 fully saturated rings. The van der Waals surface area contributed by atoms with E-state index < -0.39 is 17.3 Å². The topological polar surface area (TPSA) is 52.9 Å². The summed E-state index contributed by atoms with van der Waals surface area (Å²) in [6.07, 6.45) is 5.29. The van der Waals surface area contributed by atoms with Crippen molar-refractivity contribution in [2.24, 2.45) is 0 Å². The van der Waals surface area contributed by atoms with E-state index in [1.54, 1.807) is 19.1 Å². The summed E-state index contributed by atoms with van der Waals surface area (Å²) in [6, 6.07) is 6.97. The Bertz CT molecular complexity index is 540. The molecule has 1 N–H and O–H groups in total. The number of benzene rings is 1. The van der Waals surface area contributed by atoms with E-state index in [1.165, 1.54) is 6.07 Å². The van der Waals surface area contributed by atoms with Gasteiger partial charge in [-0.3, -0.25) is 4.79 Å². The molecule has 1 aliphatic carbocycles. The van der Waals surface area contributed by atoms with Crippen LogP contribution >= 0.6 is 0 Å². The molecule has 1 saturated carbocycles. The predicted molar refractivity (Wildman–Crippen MR) is 74.6 cm³/mol. The second-order valence-electron chi connectivity index (χ2n) is 5.50. The molecule has 1 aromatic rings. The molecule has 0 radical (unpaired) electrons. The van der Waals surface area contributed by atoms with Crippen molar-refractivity contribution in [2.75, 3.05) is 0 Å². The minimum Gasteiger partial charge on any atom is -0.334 e. The maximum absolute atomic E-state index is 14.0. The second-order valence-corrected chi connectivity index (χ2v) is 5.50. The molecule has 2 rings (SSSR count). The maximum atomic E-state index is 14.0. The van der Waals surface area contributed by atoms with Gasteiger partial charge >= 0.3 is 0 Å². The molecule has 1 aliphatic rings. The highest BCUT2D eigenvalue weighted by molar-refractivity contribution is 5.95. The molecular formula is C16H19FN2O. The number of rotatable bonds is 2. The van der Waals surface area contributed by atoms with Crippen LogP contribution in [0.5, 0.6) is 0 Å². The number of nitriles is 1. The predicted octanol–water partition coefficient (Wildman–Crippen LogP) is 3.48. The van der Waals surface area contributed by atoms with Crippen LogP contribution in [0.1, 0.15) is 54.4 Å². The maximum Gasteiger partial charge on any atom is 0.255 e. The van der Waals surface area contributed by atoms with Crippen molar-refractivity contribution in [3.8, 4) is 6.07 Å². The van der Waals surface area contributed by atoms with Crippen molar-refractivity contribution < 1.29 is 9.18 Å². The van der Waals surface area contributed by atoms with Crippen LogP contribution in [0.4, 0.5) is 4.39 Å². The molecule has 0 bridgehead atoms. The fourth-order valence-electron chi connectivity index (χ4n) is 2.70. The molecule has 106 valence electrons. The van der Waals surface area contributed by atoms with Gasteiger partial charge in [-0.2, -0.15) is 5.26 Å². The van der Waals surface area contributed by atoms with Gasteiger partial charge in [-0.15, -0.1) is 0 Å². The van der Waals surface area contributed by atoms with E-state index >= 15 is 0 Å². The van der Waals surface area contributed by atoms with Gasteiger partial charge in [0.1, 0.15) is 11.4 Å². The van der Waals surface area contributed by atoms with Gasteiger partial charge in [-0.05, 0) is 31.4 Å². The quantitative estimate of drug-likeness (QED) is 0.839. The molecule has 4 heteroatoms. The van der Waals surface area contributed by atoms with Crippen LogP contribution in [0.25, 0.3) is 0 Å². The van der Waals surface area contributed by atoms with Crippen molar-refractivity contribution in [3.05, 3.63) is 35.1 Å². The van der Waals surface area contributed by atoms with Gasteiger partial charge < -0.3 is 5.32 Å². The molecule has 20 heavy (non-hydrogen) atoms. The number of nitrogens with zero attached hydrogens (tertiary/aromatic N) is 1. The first-order valence-electron chi connectivity index (χ1n) is 7.07. The molecule has 0 atom stereocenters. The van der Waals surface area contributed by atoms with Gasteiger partial charge in [-0.1, -0.05) is 37.8 Å². The zero-order valence-electron chi connectivity index (χ0n) is 11.7. The zero-order valence-corrected chi connectivity index (χ0v) is 11.7. The number of carbonyl (C=O) groups is 1. The summed E-state index contributed by atoms with van der Waals surface area (Å²) in [7, 11) is 0. The van der Waals surface area contributed by atoms with Gasteiger partial charge in [0.2, 0.25) is 0 Å². The van der Waals surface area contributed by atoms with Crippen molar-refractivity contribution in [3.63, 3.8) is 0 Å². The Labute approximate surface area is 118 Å². The lowest BCUT2D eigenvalue weighted by molar-refractivity contribution is 0.0908. The van der Waals surface area contributed by atoms with Gasteiger partial charge in [0.25, 0.3) is 5.91 Å². The third kappa shape index (κ3) is 2.98. The number of nitrogens with one attached hydrogen (secondary N) is 1. The van der Waals surface area contributed by atoms with Crippen molar-refractivity contribution in [1.82, 2.24) is 5.32 Å². The summed E-state index contributed by atoms with van der Waals surface area (Å²) in [5, 5.41) is 12.2. The number of amides is 1. The largest absolute Gasteiger partial charge is 0.334 e. The highest BCUT2D eigenvalue weighted by Gasteiger charge is 2.33. The van der Waals surface area contributed by atoms with Crippen LogP contribution < -0.4 is 5.32 Å². The van der Waals surface area contributed by atoms with Gasteiger partial charge in [-0.25, -0.2) is 4.39 Å². The Morgan fingerprint density at radius 1 is 1.30 bits per heavy atom. The van der Waals surface area contributed by atoms with Crippen LogP contribution in [-0.4, -0.2) is 11.4 Å². The van der Waals surface area contributed by atoms with Gasteiger partial charge in [0, 0.05) is 0 Å². The summed E-state index contributed by atoms with van der Waals surface area (Å²) in [4.78, 5) is 12.3. The smallest absolute Gasteiger partial charge is 0.255 e. The number of hydrogen-bond acceptors (Lipinski definition) is 2. The van der Waals surface area contributed by atoms with E-state index in [0.29, 0.717) is 18.4 Å².